The number of amides is 1. The lowest BCUT2D eigenvalue weighted by atomic mass is 9.88. The van der Waals surface area contributed by atoms with Crippen LogP contribution in [0.5, 0.6) is 0 Å². The first kappa shape index (κ1) is 50.8. The predicted octanol–water partition coefficient (Wildman–Crippen LogP) is 8.49. The van der Waals surface area contributed by atoms with Gasteiger partial charge in [-0.1, -0.05) is 100 Å². The van der Waals surface area contributed by atoms with Crippen LogP contribution in [0, 0.1) is 21.7 Å². The van der Waals surface area contributed by atoms with Crippen LogP contribution in [-0.2, 0) is 36.9 Å². The lowest BCUT2D eigenvalue weighted by molar-refractivity contribution is -0.154. The summed E-state index contributed by atoms with van der Waals surface area (Å²) in [5.41, 5.74) is 1.52. The molecule has 0 saturated heterocycles. The van der Waals surface area contributed by atoms with Crippen molar-refractivity contribution in [1.82, 2.24) is 16.0 Å². The SMILES string of the molecule is CC.CC(C)(C)Cc1ccc(COC(=O)C(C)(C)C)cc1.CC(C)(C)NCC(=O)C(C)(C)C.CC(C)(C)NCC(=O)NCC(=O)C(C)(C)C. The van der Waals surface area contributed by atoms with Crippen LogP contribution in [0.4, 0.5) is 0 Å². The number of rotatable bonds is 9. The second-order valence-corrected chi connectivity index (χ2v) is 18.7. The summed E-state index contributed by atoms with van der Waals surface area (Å²) < 4.78 is 5.29. The van der Waals surface area contributed by atoms with Crippen LogP contribution < -0.4 is 16.0 Å². The largest absolute Gasteiger partial charge is 0.460 e. The average molecular weight is 692 g/mol. The molecule has 8 nitrogen and oxygen atoms in total. The molecule has 1 aromatic carbocycles. The summed E-state index contributed by atoms with van der Waals surface area (Å²) >= 11 is 0. The fraction of sp³-hybridized carbons (Fsp3) is 0.756. The highest BCUT2D eigenvalue weighted by Gasteiger charge is 2.24. The van der Waals surface area contributed by atoms with Gasteiger partial charge in [-0.05, 0) is 85.3 Å². The molecule has 0 bridgehead atoms. The van der Waals surface area contributed by atoms with Gasteiger partial charge in [-0.3, -0.25) is 19.2 Å². The van der Waals surface area contributed by atoms with Crippen molar-refractivity contribution in [2.75, 3.05) is 19.6 Å². The lowest BCUT2D eigenvalue weighted by Crippen LogP contribution is -2.45. The number of hydrogen-bond acceptors (Lipinski definition) is 7. The maximum Gasteiger partial charge on any atom is 0.311 e. The zero-order valence-electron chi connectivity index (χ0n) is 35.4. The normalized spacial score (nSPS) is 12.2. The fourth-order valence-electron chi connectivity index (χ4n) is 3.19. The van der Waals surface area contributed by atoms with E-state index in [-0.39, 0.29) is 53.0 Å². The first-order valence-electron chi connectivity index (χ1n) is 17.8. The summed E-state index contributed by atoms with van der Waals surface area (Å²) in [6.07, 6.45) is 1.05. The Hall–Kier alpha value is -2.58. The molecule has 1 amide bonds. The number of ketones is 2. The number of nitrogens with one attached hydrogen (secondary N) is 3. The van der Waals surface area contributed by atoms with E-state index >= 15 is 0 Å². The van der Waals surface area contributed by atoms with Crippen molar-refractivity contribution in [3.05, 3.63) is 35.4 Å². The minimum atomic E-state index is -0.438. The monoisotopic (exact) mass is 692 g/mol. The Labute approximate surface area is 302 Å². The summed E-state index contributed by atoms with van der Waals surface area (Å²) in [5.74, 6) is -0.00664. The Morgan fingerprint density at radius 1 is 0.531 bits per heavy atom. The van der Waals surface area contributed by atoms with Crippen molar-refractivity contribution >= 4 is 23.4 Å². The molecule has 0 aliphatic heterocycles. The number of carbonyl (C=O) groups excluding carboxylic acids is 4. The summed E-state index contributed by atoms with van der Waals surface area (Å²) in [4.78, 5) is 46.0. The molecule has 0 fully saturated rings. The first-order chi connectivity index (χ1) is 21.7. The van der Waals surface area contributed by atoms with Crippen molar-refractivity contribution in [1.29, 1.82) is 0 Å². The highest BCUT2D eigenvalue weighted by atomic mass is 16.5. The van der Waals surface area contributed by atoms with Crippen LogP contribution in [0.1, 0.15) is 150 Å². The van der Waals surface area contributed by atoms with Gasteiger partial charge in [0.15, 0.2) is 11.6 Å². The second-order valence-electron chi connectivity index (χ2n) is 18.7. The Morgan fingerprint density at radius 3 is 1.24 bits per heavy atom. The summed E-state index contributed by atoms with van der Waals surface area (Å²) in [6.45, 7) is 40.9. The molecule has 0 radical (unpaired) electrons. The molecule has 286 valence electrons. The number of hydrogen-bond donors (Lipinski definition) is 3. The van der Waals surface area contributed by atoms with Crippen molar-refractivity contribution < 1.29 is 23.9 Å². The van der Waals surface area contributed by atoms with Gasteiger partial charge in [-0.15, -0.1) is 0 Å². The molecule has 8 heteroatoms. The molecule has 1 aromatic rings. The van der Waals surface area contributed by atoms with E-state index < -0.39 is 10.8 Å². The van der Waals surface area contributed by atoms with E-state index in [1.54, 1.807) is 0 Å². The average Bonchev–Trinajstić information content (AvgIpc) is 2.91. The number of esters is 1. The maximum atomic E-state index is 11.7. The van der Waals surface area contributed by atoms with E-state index in [1.807, 2.05) is 109 Å². The third-order valence-corrected chi connectivity index (χ3v) is 6.42. The van der Waals surface area contributed by atoms with Crippen molar-refractivity contribution in [2.24, 2.45) is 21.7 Å². The quantitative estimate of drug-likeness (QED) is 0.223. The van der Waals surface area contributed by atoms with Gasteiger partial charge in [0.1, 0.15) is 6.61 Å². The maximum absolute atomic E-state index is 11.7. The lowest BCUT2D eigenvalue weighted by Gasteiger charge is -2.23. The molecule has 0 atom stereocenters. The first-order valence-corrected chi connectivity index (χ1v) is 17.8. The zero-order chi connectivity index (χ0) is 39.7. The smallest absolute Gasteiger partial charge is 0.311 e. The molecule has 0 unspecified atom stereocenters. The molecule has 3 N–H and O–H groups in total. The Kier molecular flexibility index (Phi) is 22.4. The molecule has 0 saturated carbocycles. The van der Waals surface area contributed by atoms with Gasteiger partial charge >= 0.3 is 5.97 Å². The number of carbonyl (C=O) groups is 4. The van der Waals surface area contributed by atoms with Crippen LogP contribution >= 0.6 is 0 Å². The summed E-state index contributed by atoms with van der Waals surface area (Å²) in [7, 11) is 0. The van der Waals surface area contributed by atoms with Crippen LogP contribution in [0.2, 0.25) is 0 Å². The predicted molar refractivity (Wildman–Crippen MR) is 208 cm³/mol. The topological polar surface area (TPSA) is 114 Å². The Balaban J connectivity index is -0.000000647. The molecule has 0 aromatic heterocycles. The number of ether oxygens (including phenoxy) is 1. The van der Waals surface area contributed by atoms with Crippen LogP contribution in [-0.4, -0.2) is 54.2 Å². The van der Waals surface area contributed by atoms with Crippen LogP contribution in [0.25, 0.3) is 0 Å². The summed E-state index contributed by atoms with van der Waals surface area (Å²) in [5, 5.41) is 8.85. The molecule has 0 aliphatic carbocycles. The molecule has 1 rings (SSSR count). The molecule has 49 heavy (non-hydrogen) atoms. The highest BCUT2D eigenvalue weighted by molar-refractivity contribution is 5.89. The van der Waals surface area contributed by atoms with E-state index in [2.05, 4.69) is 69.6 Å². The van der Waals surface area contributed by atoms with E-state index in [0.717, 1.165) is 12.0 Å². The van der Waals surface area contributed by atoms with Gasteiger partial charge in [0.2, 0.25) is 5.91 Å². The number of benzene rings is 1. The van der Waals surface area contributed by atoms with Gasteiger partial charge in [0.05, 0.1) is 25.0 Å². The fourth-order valence-corrected chi connectivity index (χ4v) is 3.19. The molecule has 0 aliphatic rings. The van der Waals surface area contributed by atoms with Gasteiger partial charge in [0.25, 0.3) is 0 Å². The second kappa shape index (κ2) is 21.6. The van der Waals surface area contributed by atoms with Gasteiger partial charge in [-0.2, -0.15) is 0 Å². The van der Waals surface area contributed by atoms with Crippen LogP contribution in [0.15, 0.2) is 24.3 Å². The molecular formula is C41H77N3O5. The van der Waals surface area contributed by atoms with Crippen molar-refractivity contribution in [3.63, 3.8) is 0 Å². The van der Waals surface area contributed by atoms with E-state index in [9.17, 15) is 19.2 Å². The van der Waals surface area contributed by atoms with Gasteiger partial charge in [0, 0.05) is 21.9 Å². The van der Waals surface area contributed by atoms with Crippen molar-refractivity contribution in [3.8, 4) is 0 Å². The van der Waals surface area contributed by atoms with Crippen molar-refractivity contribution in [2.45, 2.75) is 163 Å². The minimum Gasteiger partial charge on any atom is -0.460 e. The van der Waals surface area contributed by atoms with E-state index in [4.69, 9.17) is 4.74 Å². The standard InChI is InChI=1S/C17H26O2.C12H24N2O2.C10H21NO.C2H6/c1-16(2,3)11-13-7-9-14(10-8-13)12-19-15(18)17(4,5)6;1-11(2,3)9(15)7-13-10(16)8-14-12(4,5)6;1-9(2,3)8(12)7-11-10(4,5)6;1-2/h7-10H,11-12H2,1-6H3;14H,7-8H2,1-6H3,(H,13,16);11H,7H2,1-6H3;1-2H3. The Bertz CT molecular complexity index is 1110. The third-order valence-electron chi connectivity index (χ3n) is 6.42. The molecular weight excluding hydrogens is 614 g/mol. The number of Topliss-reactive ketones (excluding diaryl/α,β-unsaturated/α-hetero) is 2. The third kappa shape index (κ3) is 31.2. The zero-order valence-corrected chi connectivity index (χ0v) is 35.4. The highest BCUT2D eigenvalue weighted by Crippen LogP contribution is 2.21. The Morgan fingerprint density at radius 2 is 0.898 bits per heavy atom. The van der Waals surface area contributed by atoms with Gasteiger partial charge < -0.3 is 20.7 Å². The van der Waals surface area contributed by atoms with Crippen LogP contribution in [0.3, 0.4) is 0 Å². The molecule has 0 heterocycles. The van der Waals surface area contributed by atoms with Gasteiger partial charge in [-0.25, -0.2) is 0 Å². The van der Waals surface area contributed by atoms with E-state index in [1.165, 1.54) is 5.56 Å². The minimum absolute atomic E-state index is 0.0287. The summed E-state index contributed by atoms with van der Waals surface area (Å²) in [6, 6.07) is 8.31. The van der Waals surface area contributed by atoms with E-state index in [0.29, 0.717) is 18.6 Å². The molecule has 0 spiro atoms.